The number of halogens is 2. The SMILES string of the molecule is CC(C)C(/C=C/c1ccc(F)cc1)C(=O)OCc1cccc(Oc2ccc(F)cc2)n1. The van der Waals surface area contributed by atoms with Crippen LogP contribution in [0.2, 0.25) is 0 Å². The molecule has 0 fully saturated rings. The number of esters is 1. The molecule has 0 spiro atoms. The maximum absolute atomic E-state index is 13.0. The second-order valence-corrected chi connectivity index (χ2v) is 7.31. The lowest BCUT2D eigenvalue weighted by atomic mass is 9.95. The maximum Gasteiger partial charge on any atom is 0.313 e. The van der Waals surface area contributed by atoms with Gasteiger partial charge in [0.1, 0.15) is 24.0 Å². The zero-order valence-corrected chi connectivity index (χ0v) is 17.3. The van der Waals surface area contributed by atoms with Crippen LogP contribution in [0.1, 0.15) is 25.1 Å². The fourth-order valence-electron chi connectivity index (χ4n) is 2.82. The summed E-state index contributed by atoms with van der Waals surface area (Å²) >= 11 is 0. The number of carbonyl (C=O) groups excluding carboxylic acids is 1. The van der Waals surface area contributed by atoms with Gasteiger partial charge in [0.05, 0.1) is 11.6 Å². The molecule has 0 saturated carbocycles. The molecular formula is C25H23F2NO3. The summed E-state index contributed by atoms with van der Waals surface area (Å²) in [5, 5.41) is 0. The first-order chi connectivity index (χ1) is 14.9. The highest BCUT2D eigenvalue weighted by atomic mass is 19.1. The first-order valence-corrected chi connectivity index (χ1v) is 9.90. The van der Waals surface area contributed by atoms with E-state index in [-0.39, 0.29) is 30.1 Å². The van der Waals surface area contributed by atoms with Crippen molar-refractivity contribution in [3.05, 3.63) is 95.7 Å². The molecule has 2 aromatic carbocycles. The molecule has 0 radical (unpaired) electrons. The van der Waals surface area contributed by atoms with Crippen molar-refractivity contribution in [1.82, 2.24) is 4.98 Å². The Hall–Kier alpha value is -3.54. The monoisotopic (exact) mass is 423 g/mol. The van der Waals surface area contributed by atoms with Gasteiger partial charge in [-0.05, 0) is 53.9 Å². The fourth-order valence-corrected chi connectivity index (χ4v) is 2.82. The maximum atomic E-state index is 13.0. The Balaban J connectivity index is 1.61. The fraction of sp³-hybridized carbons (Fsp3) is 0.200. The van der Waals surface area contributed by atoms with Crippen molar-refractivity contribution in [1.29, 1.82) is 0 Å². The minimum absolute atomic E-state index is 0.00689. The molecule has 31 heavy (non-hydrogen) atoms. The van der Waals surface area contributed by atoms with E-state index in [4.69, 9.17) is 9.47 Å². The van der Waals surface area contributed by atoms with Crippen LogP contribution in [0.5, 0.6) is 11.6 Å². The van der Waals surface area contributed by atoms with E-state index < -0.39 is 5.92 Å². The Kier molecular flexibility index (Phi) is 7.49. The van der Waals surface area contributed by atoms with Crippen LogP contribution in [0.15, 0.2) is 72.8 Å². The van der Waals surface area contributed by atoms with E-state index >= 15 is 0 Å². The molecule has 6 heteroatoms. The predicted octanol–water partition coefficient (Wildman–Crippen LogP) is 6.18. The normalized spacial score (nSPS) is 12.2. The van der Waals surface area contributed by atoms with Crippen LogP contribution >= 0.6 is 0 Å². The second kappa shape index (κ2) is 10.5. The zero-order chi connectivity index (χ0) is 22.2. The smallest absolute Gasteiger partial charge is 0.313 e. The van der Waals surface area contributed by atoms with Gasteiger partial charge in [0.25, 0.3) is 0 Å². The lowest BCUT2D eigenvalue weighted by Gasteiger charge is -2.16. The number of carbonyl (C=O) groups is 1. The molecule has 160 valence electrons. The van der Waals surface area contributed by atoms with E-state index in [2.05, 4.69) is 4.98 Å². The molecule has 0 saturated heterocycles. The zero-order valence-electron chi connectivity index (χ0n) is 17.3. The molecular weight excluding hydrogens is 400 g/mol. The Labute approximate surface area is 180 Å². The first-order valence-electron chi connectivity index (χ1n) is 9.90. The number of ether oxygens (including phenoxy) is 2. The molecule has 4 nitrogen and oxygen atoms in total. The van der Waals surface area contributed by atoms with E-state index in [1.165, 1.54) is 36.4 Å². The number of nitrogens with zero attached hydrogens (tertiary/aromatic N) is 1. The van der Waals surface area contributed by atoms with Gasteiger partial charge < -0.3 is 9.47 Å². The van der Waals surface area contributed by atoms with Crippen LogP contribution in [0, 0.1) is 23.5 Å². The van der Waals surface area contributed by atoms with Crippen molar-refractivity contribution in [2.75, 3.05) is 0 Å². The van der Waals surface area contributed by atoms with Crippen LogP contribution in [-0.2, 0) is 16.1 Å². The first kappa shape index (κ1) is 22.2. The van der Waals surface area contributed by atoms with Gasteiger partial charge in [-0.1, -0.05) is 44.2 Å². The van der Waals surface area contributed by atoms with E-state index in [9.17, 15) is 13.6 Å². The van der Waals surface area contributed by atoms with Crippen LogP contribution < -0.4 is 4.74 Å². The number of pyridine rings is 1. The van der Waals surface area contributed by atoms with Gasteiger partial charge in [0.2, 0.25) is 5.88 Å². The van der Waals surface area contributed by atoms with Crippen molar-refractivity contribution in [2.24, 2.45) is 11.8 Å². The van der Waals surface area contributed by atoms with Gasteiger partial charge in [-0.15, -0.1) is 0 Å². The minimum Gasteiger partial charge on any atom is -0.459 e. The number of aromatic nitrogens is 1. The lowest BCUT2D eigenvalue weighted by molar-refractivity contribution is -0.149. The molecule has 0 aliphatic carbocycles. The number of hydrogen-bond donors (Lipinski definition) is 0. The van der Waals surface area contributed by atoms with Gasteiger partial charge in [-0.25, -0.2) is 13.8 Å². The minimum atomic E-state index is -0.455. The highest BCUT2D eigenvalue weighted by molar-refractivity contribution is 5.76. The lowest BCUT2D eigenvalue weighted by Crippen LogP contribution is -2.21. The Morgan fingerprint density at radius 1 is 0.968 bits per heavy atom. The van der Waals surface area contributed by atoms with Gasteiger partial charge in [0.15, 0.2) is 0 Å². The molecule has 1 aromatic heterocycles. The quantitative estimate of drug-likeness (QED) is 0.406. The summed E-state index contributed by atoms with van der Waals surface area (Å²) in [6.07, 6.45) is 3.54. The predicted molar refractivity (Wildman–Crippen MR) is 114 cm³/mol. The molecule has 3 rings (SSSR count). The van der Waals surface area contributed by atoms with E-state index in [0.717, 1.165) is 5.56 Å². The van der Waals surface area contributed by atoms with E-state index in [1.54, 1.807) is 42.5 Å². The molecule has 1 unspecified atom stereocenters. The van der Waals surface area contributed by atoms with Crippen LogP contribution in [0.4, 0.5) is 8.78 Å². The molecule has 0 bridgehead atoms. The largest absolute Gasteiger partial charge is 0.459 e. The third-order valence-corrected chi connectivity index (χ3v) is 4.54. The van der Waals surface area contributed by atoms with Gasteiger partial charge in [-0.3, -0.25) is 4.79 Å². The van der Waals surface area contributed by atoms with Crippen LogP contribution in [0.3, 0.4) is 0 Å². The van der Waals surface area contributed by atoms with Crippen molar-refractivity contribution < 1.29 is 23.0 Å². The van der Waals surface area contributed by atoms with Gasteiger partial charge in [-0.2, -0.15) is 0 Å². The van der Waals surface area contributed by atoms with E-state index in [0.29, 0.717) is 17.3 Å². The third-order valence-electron chi connectivity index (χ3n) is 4.54. The van der Waals surface area contributed by atoms with Crippen molar-refractivity contribution in [3.8, 4) is 11.6 Å². The average Bonchev–Trinajstić information content (AvgIpc) is 2.75. The number of benzene rings is 2. The highest BCUT2D eigenvalue weighted by Gasteiger charge is 2.21. The molecule has 1 atom stereocenters. The van der Waals surface area contributed by atoms with Crippen LogP contribution in [-0.4, -0.2) is 11.0 Å². The summed E-state index contributed by atoms with van der Waals surface area (Å²) in [4.78, 5) is 16.9. The molecule has 0 N–H and O–H groups in total. The Morgan fingerprint density at radius 3 is 2.26 bits per heavy atom. The highest BCUT2D eigenvalue weighted by Crippen LogP contribution is 2.21. The Morgan fingerprint density at radius 2 is 1.61 bits per heavy atom. The number of rotatable bonds is 8. The summed E-state index contributed by atoms with van der Waals surface area (Å²) < 4.78 is 37.1. The summed E-state index contributed by atoms with van der Waals surface area (Å²) in [5.41, 5.74) is 1.32. The Bertz CT molecular complexity index is 1030. The van der Waals surface area contributed by atoms with Crippen LogP contribution in [0.25, 0.3) is 6.08 Å². The van der Waals surface area contributed by atoms with Crippen molar-refractivity contribution >= 4 is 12.0 Å². The second-order valence-electron chi connectivity index (χ2n) is 7.31. The average molecular weight is 423 g/mol. The molecule has 3 aromatic rings. The topological polar surface area (TPSA) is 48.4 Å². The molecule has 0 amide bonds. The number of hydrogen-bond acceptors (Lipinski definition) is 4. The summed E-state index contributed by atoms with van der Waals surface area (Å²) in [7, 11) is 0. The van der Waals surface area contributed by atoms with E-state index in [1.807, 2.05) is 13.8 Å². The summed E-state index contributed by atoms with van der Waals surface area (Å²) in [5.74, 6) is -0.705. The van der Waals surface area contributed by atoms with Crippen molar-refractivity contribution in [3.63, 3.8) is 0 Å². The summed E-state index contributed by atoms with van der Waals surface area (Å²) in [6, 6.07) is 16.8. The standard InChI is InChI=1S/C25H23F2NO3/c1-17(2)23(15-8-18-6-9-19(26)10-7-18)25(29)30-16-21-4-3-5-24(28-21)31-22-13-11-20(27)12-14-22/h3-15,17,23H,16H2,1-2H3/b15-8+. The molecule has 1 heterocycles. The third kappa shape index (κ3) is 6.74. The van der Waals surface area contributed by atoms with Crippen molar-refractivity contribution in [2.45, 2.75) is 20.5 Å². The molecule has 0 aliphatic heterocycles. The van der Waals surface area contributed by atoms with Gasteiger partial charge >= 0.3 is 5.97 Å². The molecule has 0 aliphatic rings. The summed E-state index contributed by atoms with van der Waals surface area (Å²) in [6.45, 7) is 3.85. The van der Waals surface area contributed by atoms with Gasteiger partial charge in [0, 0.05) is 6.07 Å².